The van der Waals surface area contributed by atoms with Crippen LogP contribution in [0.5, 0.6) is 0 Å². The summed E-state index contributed by atoms with van der Waals surface area (Å²) in [5.41, 5.74) is 11.1. The maximum absolute atomic E-state index is 6.88. The summed E-state index contributed by atoms with van der Waals surface area (Å²) in [6, 6.07) is 66.7. The Labute approximate surface area is 305 Å². The molecule has 3 heteroatoms. The summed E-state index contributed by atoms with van der Waals surface area (Å²) in [6.07, 6.45) is 0. The molecule has 0 unspecified atom stereocenters. The third kappa shape index (κ3) is 4.75. The lowest BCUT2D eigenvalue weighted by Crippen LogP contribution is -2.09. The molecule has 11 rings (SSSR count). The van der Waals surface area contributed by atoms with Gasteiger partial charge in [-0.2, -0.15) is 0 Å². The SMILES string of the molecule is c1ccc(-c2ccc(N(c3ccc4ccccc4c3)c3ccc4oc5c(-c6cccc7c6oc6ccccc67)c6ccccc6cc5c4c3)cc2)cc1. The average molecular weight is 678 g/mol. The second-order valence-corrected chi connectivity index (χ2v) is 13.7. The second-order valence-electron chi connectivity index (χ2n) is 13.7. The van der Waals surface area contributed by atoms with Crippen molar-refractivity contribution in [1.29, 1.82) is 0 Å². The number of furan rings is 2. The summed E-state index contributed by atoms with van der Waals surface area (Å²) in [7, 11) is 0. The first-order chi connectivity index (χ1) is 26.3. The Morgan fingerprint density at radius 3 is 1.81 bits per heavy atom. The highest BCUT2D eigenvalue weighted by Crippen LogP contribution is 2.46. The molecule has 0 saturated heterocycles. The fourth-order valence-electron chi connectivity index (χ4n) is 8.11. The monoisotopic (exact) mass is 677 g/mol. The zero-order chi connectivity index (χ0) is 34.9. The Kier molecular flexibility index (Phi) is 6.55. The van der Waals surface area contributed by atoms with E-state index in [0.717, 1.165) is 82.8 Å². The predicted molar refractivity (Wildman–Crippen MR) is 222 cm³/mol. The summed E-state index contributed by atoms with van der Waals surface area (Å²) in [5.74, 6) is 0. The lowest BCUT2D eigenvalue weighted by atomic mass is 9.94. The highest BCUT2D eigenvalue weighted by molar-refractivity contribution is 6.22. The number of nitrogens with zero attached hydrogens (tertiary/aromatic N) is 1. The minimum absolute atomic E-state index is 0.843. The van der Waals surface area contributed by atoms with E-state index >= 15 is 0 Å². The molecule has 0 aliphatic heterocycles. The highest BCUT2D eigenvalue weighted by Gasteiger charge is 2.22. The maximum Gasteiger partial charge on any atom is 0.144 e. The van der Waals surface area contributed by atoms with Gasteiger partial charge < -0.3 is 13.7 Å². The largest absolute Gasteiger partial charge is 0.455 e. The zero-order valence-corrected chi connectivity index (χ0v) is 28.7. The molecule has 0 atom stereocenters. The molecule has 0 N–H and O–H groups in total. The van der Waals surface area contributed by atoms with Crippen LogP contribution in [0, 0.1) is 0 Å². The molecule has 0 aliphatic carbocycles. The van der Waals surface area contributed by atoms with Crippen LogP contribution in [0.25, 0.3) is 87.7 Å². The molecule has 248 valence electrons. The van der Waals surface area contributed by atoms with Gasteiger partial charge in [0, 0.05) is 49.7 Å². The molecule has 0 aliphatic rings. The number of benzene rings is 9. The number of fused-ring (bicyclic) bond motifs is 8. The van der Waals surface area contributed by atoms with E-state index in [4.69, 9.17) is 8.83 Å². The van der Waals surface area contributed by atoms with Gasteiger partial charge in [0.25, 0.3) is 0 Å². The molecular formula is C50H31NO2. The van der Waals surface area contributed by atoms with E-state index in [-0.39, 0.29) is 0 Å². The van der Waals surface area contributed by atoms with Crippen molar-refractivity contribution < 1.29 is 8.83 Å². The summed E-state index contributed by atoms with van der Waals surface area (Å²) >= 11 is 0. The van der Waals surface area contributed by atoms with Crippen molar-refractivity contribution in [2.75, 3.05) is 4.90 Å². The number of para-hydroxylation sites is 2. The molecule has 0 amide bonds. The molecule has 2 heterocycles. The van der Waals surface area contributed by atoms with Crippen LogP contribution >= 0.6 is 0 Å². The zero-order valence-electron chi connectivity index (χ0n) is 28.7. The first kappa shape index (κ1) is 29.6. The molecule has 0 fully saturated rings. The third-order valence-electron chi connectivity index (χ3n) is 10.6. The first-order valence-corrected chi connectivity index (χ1v) is 18.0. The van der Waals surface area contributed by atoms with E-state index < -0.39 is 0 Å². The predicted octanol–water partition coefficient (Wildman–Crippen LogP) is 14.6. The van der Waals surface area contributed by atoms with Crippen LogP contribution in [-0.4, -0.2) is 0 Å². The van der Waals surface area contributed by atoms with Crippen molar-refractivity contribution in [3.63, 3.8) is 0 Å². The Morgan fingerprint density at radius 2 is 0.943 bits per heavy atom. The van der Waals surface area contributed by atoms with Gasteiger partial charge in [-0.05, 0) is 87.3 Å². The summed E-state index contributed by atoms with van der Waals surface area (Å²) in [5, 5.41) is 9.03. The number of hydrogen-bond donors (Lipinski definition) is 0. The average Bonchev–Trinajstić information content (AvgIpc) is 3.79. The molecule has 2 aromatic heterocycles. The van der Waals surface area contributed by atoms with Gasteiger partial charge in [0.15, 0.2) is 0 Å². The van der Waals surface area contributed by atoms with E-state index in [1.54, 1.807) is 0 Å². The first-order valence-electron chi connectivity index (χ1n) is 18.0. The van der Waals surface area contributed by atoms with Gasteiger partial charge in [-0.1, -0.05) is 133 Å². The molecule has 53 heavy (non-hydrogen) atoms. The van der Waals surface area contributed by atoms with E-state index in [0.29, 0.717) is 0 Å². The molecule has 9 aromatic carbocycles. The van der Waals surface area contributed by atoms with E-state index in [1.807, 2.05) is 12.1 Å². The Morgan fingerprint density at radius 1 is 0.321 bits per heavy atom. The third-order valence-corrected chi connectivity index (χ3v) is 10.6. The van der Waals surface area contributed by atoms with Crippen molar-refractivity contribution in [2.45, 2.75) is 0 Å². The fourth-order valence-corrected chi connectivity index (χ4v) is 8.11. The number of anilines is 3. The standard InChI is InChI=1S/C50H31NO2/c1-2-11-32(12-3-1)34-21-24-37(25-22-34)51(38-26-23-33-13-4-5-14-35(33)29-38)39-27-28-47-44(31-39)45-30-36-15-6-7-16-40(36)48(50(45)53-47)43-19-10-18-42-41-17-8-9-20-46(41)52-49(42)43/h1-31H. The summed E-state index contributed by atoms with van der Waals surface area (Å²) in [4.78, 5) is 2.34. The van der Waals surface area contributed by atoms with Crippen LogP contribution in [-0.2, 0) is 0 Å². The second kappa shape index (κ2) is 11.7. The quantitative estimate of drug-likeness (QED) is 0.182. The van der Waals surface area contributed by atoms with Crippen molar-refractivity contribution in [3.05, 3.63) is 188 Å². The van der Waals surface area contributed by atoms with Gasteiger partial charge in [-0.3, -0.25) is 0 Å². The van der Waals surface area contributed by atoms with Crippen LogP contribution < -0.4 is 4.90 Å². The molecule has 0 saturated carbocycles. The van der Waals surface area contributed by atoms with Crippen LogP contribution in [0.15, 0.2) is 197 Å². The lowest BCUT2D eigenvalue weighted by Gasteiger charge is -2.26. The van der Waals surface area contributed by atoms with Gasteiger partial charge in [0.05, 0.1) is 0 Å². The number of rotatable bonds is 5. The van der Waals surface area contributed by atoms with Crippen LogP contribution in [0.4, 0.5) is 17.1 Å². The molecule has 11 aromatic rings. The van der Waals surface area contributed by atoms with E-state index in [1.165, 1.54) is 21.9 Å². The fraction of sp³-hybridized carbons (Fsp3) is 0. The maximum atomic E-state index is 6.88. The molecule has 0 spiro atoms. The van der Waals surface area contributed by atoms with Gasteiger partial charge >= 0.3 is 0 Å². The van der Waals surface area contributed by atoms with Crippen LogP contribution in [0.3, 0.4) is 0 Å². The van der Waals surface area contributed by atoms with Crippen molar-refractivity contribution in [2.24, 2.45) is 0 Å². The molecular weight excluding hydrogens is 647 g/mol. The Hall–Kier alpha value is -7.10. The van der Waals surface area contributed by atoms with Gasteiger partial charge in [0.2, 0.25) is 0 Å². The van der Waals surface area contributed by atoms with Crippen molar-refractivity contribution in [3.8, 4) is 22.3 Å². The minimum atomic E-state index is 0.843. The minimum Gasteiger partial charge on any atom is -0.455 e. The summed E-state index contributed by atoms with van der Waals surface area (Å²) in [6.45, 7) is 0. The molecule has 3 nitrogen and oxygen atoms in total. The lowest BCUT2D eigenvalue weighted by molar-refractivity contribution is 0.665. The van der Waals surface area contributed by atoms with E-state index in [9.17, 15) is 0 Å². The molecule has 0 bridgehead atoms. The molecule has 0 radical (unpaired) electrons. The Bertz CT molecular complexity index is 3170. The van der Waals surface area contributed by atoms with E-state index in [2.05, 4.69) is 181 Å². The van der Waals surface area contributed by atoms with Gasteiger partial charge in [-0.15, -0.1) is 0 Å². The summed E-state index contributed by atoms with van der Waals surface area (Å²) < 4.78 is 13.5. The smallest absolute Gasteiger partial charge is 0.144 e. The van der Waals surface area contributed by atoms with Crippen LogP contribution in [0.2, 0.25) is 0 Å². The normalized spacial score (nSPS) is 11.8. The Balaban J connectivity index is 1.14. The van der Waals surface area contributed by atoms with Gasteiger partial charge in [-0.25, -0.2) is 0 Å². The van der Waals surface area contributed by atoms with Crippen LogP contribution in [0.1, 0.15) is 0 Å². The van der Waals surface area contributed by atoms with Crippen molar-refractivity contribution in [1.82, 2.24) is 0 Å². The van der Waals surface area contributed by atoms with Crippen molar-refractivity contribution >= 4 is 82.5 Å². The van der Waals surface area contributed by atoms with Gasteiger partial charge in [0.1, 0.15) is 22.3 Å². The topological polar surface area (TPSA) is 29.5 Å². The highest BCUT2D eigenvalue weighted by atomic mass is 16.3. The number of hydrogen-bond acceptors (Lipinski definition) is 3.